The molecule has 1 aromatic carbocycles. The number of hydrogen-bond donors (Lipinski definition) is 2. The highest BCUT2D eigenvalue weighted by Gasteiger charge is 2.27. The van der Waals surface area contributed by atoms with Gasteiger partial charge < -0.3 is 14.6 Å². The predicted octanol–water partition coefficient (Wildman–Crippen LogP) is 1.99. The van der Waals surface area contributed by atoms with E-state index in [1.807, 2.05) is 0 Å². The van der Waals surface area contributed by atoms with Crippen molar-refractivity contribution in [1.82, 2.24) is 5.48 Å². The molecule has 0 amide bonds. The lowest BCUT2D eigenvalue weighted by molar-refractivity contribution is -0.190. The number of ether oxygens (including phenoxy) is 2. The van der Waals surface area contributed by atoms with Gasteiger partial charge in [-0.1, -0.05) is 0 Å². The van der Waals surface area contributed by atoms with E-state index in [0.717, 1.165) is 0 Å². The third kappa shape index (κ3) is 4.84. The van der Waals surface area contributed by atoms with Crippen molar-refractivity contribution in [2.75, 3.05) is 20.8 Å². The summed E-state index contributed by atoms with van der Waals surface area (Å²) < 4.78 is 45.3. The van der Waals surface area contributed by atoms with E-state index in [0.29, 0.717) is 5.56 Å². The molecule has 0 aliphatic rings. The van der Waals surface area contributed by atoms with E-state index in [9.17, 15) is 18.3 Å². The first-order chi connectivity index (χ1) is 8.87. The molecule has 0 spiro atoms. The summed E-state index contributed by atoms with van der Waals surface area (Å²) in [7, 11) is 2.71. The molecule has 0 saturated carbocycles. The van der Waals surface area contributed by atoms with Gasteiger partial charge in [0.1, 0.15) is 0 Å². The fraction of sp³-hybridized carbons (Fsp3) is 0.455. The van der Waals surface area contributed by atoms with Crippen LogP contribution in [0.3, 0.4) is 0 Å². The lowest BCUT2D eigenvalue weighted by Gasteiger charge is -2.12. The third-order valence-electron chi connectivity index (χ3n) is 2.15. The Morgan fingerprint density at radius 1 is 1.16 bits per heavy atom. The van der Waals surface area contributed by atoms with E-state index in [4.69, 9.17) is 9.47 Å². The maximum absolute atomic E-state index is 11.8. The second-order valence-corrected chi connectivity index (χ2v) is 3.57. The van der Waals surface area contributed by atoms with Gasteiger partial charge >= 0.3 is 6.18 Å². The summed E-state index contributed by atoms with van der Waals surface area (Å²) in [5.41, 5.74) is 2.70. The molecule has 0 aromatic heterocycles. The number of aromatic hydroxyl groups is 1. The first-order valence-corrected chi connectivity index (χ1v) is 5.22. The molecular weight excluding hydrogens is 267 g/mol. The van der Waals surface area contributed by atoms with Crippen LogP contribution in [-0.2, 0) is 11.4 Å². The van der Waals surface area contributed by atoms with Crippen LogP contribution in [0.1, 0.15) is 5.56 Å². The molecule has 1 aromatic rings. The van der Waals surface area contributed by atoms with E-state index >= 15 is 0 Å². The highest BCUT2D eigenvalue weighted by molar-refractivity contribution is 5.52. The number of nitrogens with one attached hydrogen (secondary N) is 1. The average Bonchev–Trinajstić information content (AvgIpc) is 2.35. The van der Waals surface area contributed by atoms with Gasteiger partial charge in [-0.15, -0.1) is 0 Å². The lowest BCUT2D eigenvalue weighted by Crippen LogP contribution is -2.24. The Morgan fingerprint density at radius 2 is 1.68 bits per heavy atom. The number of alkyl halides is 3. The summed E-state index contributed by atoms with van der Waals surface area (Å²) in [5, 5.41) is 9.64. The van der Waals surface area contributed by atoms with Gasteiger partial charge in [-0.2, -0.15) is 18.7 Å². The van der Waals surface area contributed by atoms with E-state index in [1.54, 1.807) is 0 Å². The Labute approximate surface area is 107 Å². The Balaban J connectivity index is 2.63. The Hall–Kier alpha value is -1.67. The Kier molecular flexibility index (Phi) is 5.25. The van der Waals surface area contributed by atoms with Gasteiger partial charge in [0.25, 0.3) is 0 Å². The van der Waals surface area contributed by atoms with Crippen LogP contribution >= 0.6 is 0 Å². The van der Waals surface area contributed by atoms with Gasteiger partial charge in [0, 0.05) is 6.54 Å². The second kappa shape index (κ2) is 6.48. The summed E-state index contributed by atoms with van der Waals surface area (Å²) in [6.45, 7) is -1.39. The molecule has 5 nitrogen and oxygen atoms in total. The Bertz CT molecular complexity index is 398. The number of halogens is 3. The first kappa shape index (κ1) is 15.4. The van der Waals surface area contributed by atoms with Crippen molar-refractivity contribution in [1.29, 1.82) is 0 Å². The zero-order chi connectivity index (χ0) is 14.5. The zero-order valence-corrected chi connectivity index (χ0v) is 10.4. The first-order valence-electron chi connectivity index (χ1n) is 5.22. The van der Waals surface area contributed by atoms with Crippen LogP contribution in [0, 0.1) is 0 Å². The van der Waals surface area contributed by atoms with Gasteiger partial charge in [0.2, 0.25) is 5.75 Å². The third-order valence-corrected chi connectivity index (χ3v) is 2.15. The molecule has 0 heterocycles. The molecule has 1 rings (SSSR count). The van der Waals surface area contributed by atoms with Crippen LogP contribution in [-0.4, -0.2) is 32.1 Å². The Morgan fingerprint density at radius 3 is 2.11 bits per heavy atom. The number of hydroxylamine groups is 1. The zero-order valence-electron chi connectivity index (χ0n) is 10.4. The molecule has 0 radical (unpaired) electrons. The number of methoxy groups -OCH3 is 2. The molecule has 0 atom stereocenters. The fourth-order valence-corrected chi connectivity index (χ4v) is 1.32. The normalized spacial score (nSPS) is 11.4. The minimum atomic E-state index is -4.39. The van der Waals surface area contributed by atoms with Crippen molar-refractivity contribution in [3.63, 3.8) is 0 Å². The maximum Gasteiger partial charge on any atom is 0.413 e. The van der Waals surface area contributed by atoms with Crippen molar-refractivity contribution in [2.45, 2.75) is 12.7 Å². The summed E-state index contributed by atoms with van der Waals surface area (Å²) in [4.78, 5) is 4.26. The highest BCUT2D eigenvalue weighted by atomic mass is 19.4. The molecule has 108 valence electrons. The van der Waals surface area contributed by atoms with Crippen LogP contribution in [0.5, 0.6) is 17.2 Å². The van der Waals surface area contributed by atoms with Crippen LogP contribution in [0.15, 0.2) is 12.1 Å². The molecular formula is C11H14F3NO4. The molecule has 8 heteroatoms. The van der Waals surface area contributed by atoms with E-state index in [2.05, 4.69) is 10.3 Å². The SMILES string of the molecule is COc1cc(CNOCC(F)(F)F)cc(OC)c1O. The predicted molar refractivity (Wildman–Crippen MR) is 60.1 cm³/mol. The van der Waals surface area contributed by atoms with E-state index < -0.39 is 12.8 Å². The number of phenolic OH excluding ortho intramolecular Hbond substituents is 1. The fourth-order valence-electron chi connectivity index (χ4n) is 1.32. The number of phenols is 1. The van der Waals surface area contributed by atoms with Gasteiger partial charge in [0.15, 0.2) is 18.1 Å². The largest absolute Gasteiger partial charge is 0.502 e. The number of hydrogen-bond acceptors (Lipinski definition) is 5. The second-order valence-electron chi connectivity index (χ2n) is 3.57. The van der Waals surface area contributed by atoms with Gasteiger partial charge in [0.05, 0.1) is 14.2 Å². The minimum absolute atomic E-state index is 0.00306. The van der Waals surface area contributed by atoms with Crippen molar-refractivity contribution in [3.8, 4) is 17.2 Å². The summed E-state index contributed by atoms with van der Waals surface area (Å²) in [6.07, 6.45) is -4.39. The van der Waals surface area contributed by atoms with Crippen molar-refractivity contribution >= 4 is 0 Å². The molecule has 0 bridgehead atoms. The summed E-state index contributed by atoms with van der Waals surface area (Å²) in [5.74, 6) is 0.143. The molecule has 0 aliphatic carbocycles. The van der Waals surface area contributed by atoms with Gasteiger partial charge in [-0.3, -0.25) is 4.84 Å². The molecule has 19 heavy (non-hydrogen) atoms. The van der Waals surface area contributed by atoms with Crippen LogP contribution in [0.25, 0.3) is 0 Å². The van der Waals surface area contributed by atoms with Gasteiger partial charge in [-0.05, 0) is 17.7 Å². The quantitative estimate of drug-likeness (QED) is 0.617. The summed E-state index contributed by atoms with van der Waals surface area (Å²) >= 11 is 0. The topological polar surface area (TPSA) is 60.0 Å². The monoisotopic (exact) mass is 281 g/mol. The average molecular weight is 281 g/mol. The molecule has 0 aliphatic heterocycles. The summed E-state index contributed by atoms with van der Waals surface area (Å²) in [6, 6.07) is 2.92. The van der Waals surface area contributed by atoms with Crippen LogP contribution in [0.4, 0.5) is 13.2 Å². The highest BCUT2D eigenvalue weighted by Crippen LogP contribution is 2.36. The smallest absolute Gasteiger partial charge is 0.413 e. The van der Waals surface area contributed by atoms with Crippen molar-refractivity contribution < 1.29 is 32.6 Å². The molecule has 0 fully saturated rings. The van der Waals surface area contributed by atoms with E-state index in [-0.39, 0.29) is 23.8 Å². The molecule has 0 unspecified atom stereocenters. The van der Waals surface area contributed by atoms with Crippen molar-refractivity contribution in [2.24, 2.45) is 0 Å². The molecule has 0 saturated heterocycles. The van der Waals surface area contributed by atoms with Gasteiger partial charge in [-0.25, -0.2) is 0 Å². The van der Waals surface area contributed by atoms with E-state index in [1.165, 1.54) is 26.4 Å². The lowest BCUT2D eigenvalue weighted by atomic mass is 10.2. The maximum atomic E-state index is 11.8. The molecule has 2 N–H and O–H groups in total. The minimum Gasteiger partial charge on any atom is -0.502 e. The number of rotatable bonds is 6. The van der Waals surface area contributed by atoms with Crippen LogP contribution < -0.4 is 15.0 Å². The van der Waals surface area contributed by atoms with Crippen LogP contribution in [0.2, 0.25) is 0 Å². The van der Waals surface area contributed by atoms with Crippen molar-refractivity contribution in [3.05, 3.63) is 17.7 Å². The standard InChI is InChI=1S/C11H14F3NO4/c1-17-8-3-7(4-9(18-2)10(8)16)5-15-19-6-11(12,13)14/h3-4,15-16H,5-6H2,1-2H3. The number of benzene rings is 1.